The maximum atomic E-state index is 13.3. The number of carbonyl (C=O) groups is 2. The number of hydrogen-bond donors (Lipinski definition) is 2. The largest absolute Gasteiger partial charge is 0.416 e. The number of rotatable bonds is 4. The van der Waals surface area contributed by atoms with Crippen molar-refractivity contribution in [3.63, 3.8) is 0 Å². The number of aliphatic hydroxyl groups excluding tert-OH is 1. The molecule has 0 aromatic heterocycles. The SMILES string of the molecule is CSCC(=O)Nc1cc(C(=O)N2[C@@H]3CC[C@H]2CC(O)C3)cc(C(F)(F)F)c1. The number of hydrogen-bond acceptors (Lipinski definition) is 4. The lowest BCUT2D eigenvalue weighted by molar-refractivity contribution is -0.137. The van der Waals surface area contributed by atoms with Gasteiger partial charge in [-0.15, -0.1) is 0 Å². The molecule has 0 aliphatic carbocycles. The van der Waals surface area contributed by atoms with Gasteiger partial charge in [0.25, 0.3) is 5.91 Å². The van der Waals surface area contributed by atoms with Crippen LogP contribution in [-0.2, 0) is 11.0 Å². The number of alkyl halides is 3. The highest BCUT2D eigenvalue weighted by atomic mass is 32.2. The van der Waals surface area contributed by atoms with Crippen molar-refractivity contribution in [3.8, 4) is 0 Å². The summed E-state index contributed by atoms with van der Waals surface area (Å²) in [6, 6.07) is 2.64. The fraction of sp³-hybridized carbons (Fsp3) is 0.556. The Kier molecular flexibility index (Phi) is 5.71. The molecule has 0 spiro atoms. The van der Waals surface area contributed by atoms with E-state index in [9.17, 15) is 27.9 Å². The Labute approximate surface area is 159 Å². The zero-order valence-corrected chi connectivity index (χ0v) is 15.6. The van der Waals surface area contributed by atoms with Crippen LogP contribution in [0.3, 0.4) is 0 Å². The van der Waals surface area contributed by atoms with E-state index < -0.39 is 29.7 Å². The Morgan fingerprint density at radius 1 is 1.22 bits per heavy atom. The number of nitrogens with one attached hydrogen (secondary N) is 1. The lowest BCUT2D eigenvalue weighted by Crippen LogP contribution is -2.48. The van der Waals surface area contributed by atoms with Crippen LogP contribution in [0.1, 0.15) is 41.6 Å². The van der Waals surface area contributed by atoms with Gasteiger partial charge >= 0.3 is 6.18 Å². The van der Waals surface area contributed by atoms with Crippen molar-refractivity contribution < 1.29 is 27.9 Å². The summed E-state index contributed by atoms with van der Waals surface area (Å²) in [7, 11) is 0. The van der Waals surface area contributed by atoms with Gasteiger partial charge in [-0.3, -0.25) is 9.59 Å². The molecule has 3 rings (SSSR count). The fourth-order valence-electron chi connectivity index (χ4n) is 3.94. The van der Waals surface area contributed by atoms with Gasteiger partial charge in [0.2, 0.25) is 5.91 Å². The first-order chi connectivity index (χ1) is 12.7. The molecule has 27 heavy (non-hydrogen) atoms. The molecule has 1 unspecified atom stereocenters. The van der Waals surface area contributed by atoms with Crippen molar-refractivity contribution in [2.45, 2.75) is 50.0 Å². The summed E-state index contributed by atoms with van der Waals surface area (Å²) in [5, 5.41) is 12.3. The monoisotopic (exact) mass is 402 g/mol. The standard InChI is InChI=1S/C18H21F3N2O3S/c1-27-9-16(25)22-12-5-10(4-11(6-12)18(19,20)21)17(26)23-13-2-3-14(23)8-15(24)7-13/h4-6,13-15,24H,2-3,7-9H2,1H3,(H,22,25)/t13-,14+,15?. The number of halogens is 3. The number of nitrogens with zero attached hydrogens (tertiary/aromatic N) is 1. The first-order valence-corrected chi connectivity index (χ1v) is 10.1. The summed E-state index contributed by atoms with van der Waals surface area (Å²) in [5.74, 6) is -0.810. The van der Waals surface area contributed by atoms with Crippen LogP contribution in [0, 0.1) is 0 Å². The van der Waals surface area contributed by atoms with Crippen LogP contribution in [-0.4, -0.2) is 52.0 Å². The molecule has 9 heteroatoms. The van der Waals surface area contributed by atoms with E-state index in [0.29, 0.717) is 12.8 Å². The molecule has 148 valence electrons. The normalized spacial score (nSPS) is 24.8. The summed E-state index contributed by atoms with van der Waals surface area (Å²) >= 11 is 1.25. The Bertz CT molecular complexity index is 727. The summed E-state index contributed by atoms with van der Waals surface area (Å²) in [5.41, 5.74) is -1.12. The van der Waals surface area contributed by atoms with E-state index in [2.05, 4.69) is 5.32 Å². The molecule has 2 fully saturated rings. The number of fused-ring (bicyclic) bond motifs is 2. The lowest BCUT2D eigenvalue weighted by atomic mass is 9.98. The third-order valence-electron chi connectivity index (χ3n) is 5.01. The molecule has 0 radical (unpaired) electrons. The molecular formula is C18H21F3N2O3S. The number of benzene rings is 1. The van der Waals surface area contributed by atoms with E-state index >= 15 is 0 Å². The fourth-order valence-corrected chi connectivity index (χ4v) is 4.28. The van der Waals surface area contributed by atoms with Gasteiger partial charge in [-0.05, 0) is 50.1 Å². The maximum Gasteiger partial charge on any atom is 0.416 e. The van der Waals surface area contributed by atoms with E-state index in [4.69, 9.17) is 0 Å². The molecule has 2 bridgehead atoms. The molecule has 2 N–H and O–H groups in total. The Morgan fingerprint density at radius 3 is 2.41 bits per heavy atom. The number of thioether (sulfide) groups is 1. The Hall–Kier alpha value is -1.74. The molecule has 2 saturated heterocycles. The number of anilines is 1. The summed E-state index contributed by atoms with van der Waals surface area (Å²) < 4.78 is 39.8. The first-order valence-electron chi connectivity index (χ1n) is 8.71. The molecule has 2 aliphatic heterocycles. The van der Waals surface area contributed by atoms with E-state index in [1.807, 2.05) is 0 Å². The number of piperidine rings is 1. The molecule has 1 aromatic rings. The van der Waals surface area contributed by atoms with E-state index in [1.165, 1.54) is 17.8 Å². The molecule has 0 saturated carbocycles. The minimum Gasteiger partial charge on any atom is -0.393 e. The van der Waals surface area contributed by atoms with E-state index in [0.717, 1.165) is 25.0 Å². The van der Waals surface area contributed by atoms with Crippen molar-refractivity contribution in [3.05, 3.63) is 29.3 Å². The predicted molar refractivity (Wildman–Crippen MR) is 96.7 cm³/mol. The minimum atomic E-state index is -4.63. The van der Waals surface area contributed by atoms with Crippen molar-refractivity contribution in [2.75, 3.05) is 17.3 Å². The number of amides is 2. The maximum absolute atomic E-state index is 13.3. The third kappa shape index (κ3) is 4.40. The average molecular weight is 402 g/mol. The molecule has 1 aromatic carbocycles. The topological polar surface area (TPSA) is 69.6 Å². The van der Waals surface area contributed by atoms with Crippen LogP contribution >= 0.6 is 11.8 Å². The molecule has 3 atom stereocenters. The van der Waals surface area contributed by atoms with Gasteiger partial charge in [0, 0.05) is 23.3 Å². The second-order valence-corrected chi connectivity index (χ2v) is 7.87. The average Bonchev–Trinajstić information content (AvgIpc) is 2.84. The molecule has 2 aliphatic rings. The number of carbonyl (C=O) groups excluding carboxylic acids is 2. The first kappa shape index (κ1) is 20.0. The lowest BCUT2D eigenvalue weighted by Gasteiger charge is -2.37. The van der Waals surface area contributed by atoms with Gasteiger partial charge in [-0.2, -0.15) is 24.9 Å². The van der Waals surface area contributed by atoms with Crippen LogP contribution in [0.2, 0.25) is 0 Å². The van der Waals surface area contributed by atoms with Gasteiger partial charge in [0.1, 0.15) is 0 Å². The number of aliphatic hydroxyl groups is 1. The van der Waals surface area contributed by atoms with Gasteiger partial charge in [-0.1, -0.05) is 0 Å². The highest BCUT2D eigenvalue weighted by molar-refractivity contribution is 7.99. The Balaban J connectivity index is 1.91. The van der Waals surface area contributed by atoms with E-state index in [1.54, 1.807) is 11.2 Å². The van der Waals surface area contributed by atoms with Crippen molar-refractivity contribution in [1.82, 2.24) is 4.90 Å². The van der Waals surface area contributed by atoms with Gasteiger partial charge < -0.3 is 15.3 Å². The third-order valence-corrected chi connectivity index (χ3v) is 5.56. The molecule has 2 amide bonds. The summed E-state index contributed by atoms with van der Waals surface area (Å²) in [4.78, 5) is 26.3. The van der Waals surface area contributed by atoms with Crippen molar-refractivity contribution in [2.24, 2.45) is 0 Å². The molecular weight excluding hydrogens is 381 g/mol. The van der Waals surface area contributed by atoms with Crippen LogP contribution < -0.4 is 5.32 Å². The predicted octanol–water partition coefficient (Wildman–Crippen LogP) is 3.13. The second-order valence-electron chi connectivity index (χ2n) is 7.00. The van der Waals surface area contributed by atoms with Crippen LogP contribution in [0.5, 0.6) is 0 Å². The summed E-state index contributed by atoms with van der Waals surface area (Å²) in [6.07, 6.45) is -1.03. The minimum absolute atomic E-state index is 0.0448. The van der Waals surface area contributed by atoms with Crippen LogP contribution in [0.15, 0.2) is 18.2 Å². The zero-order valence-electron chi connectivity index (χ0n) is 14.8. The smallest absolute Gasteiger partial charge is 0.393 e. The van der Waals surface area contributed by atoms with Gasteiger partial charge in [0.15, 0.2) is 0 Å². The summed E-state index contributed by atoms with van der Waals surface area (Å²) in [6.45, 7) is 0. The van der Waals surface area contributed by atoms with E-state index in [-0.39, 0.29) is 29.1 Å². The highest BCUT2D eigenvalue weighted by Gasteiger charge is 2.43. The van der Waals surface area contributed by atoms with Crippen molar-refractivity contribution in [1.29, 1.82) is 0 Å². The highest BCUT2D eigenvalue weighted by Crippen LogP contribution is 2.38. The molecule has 5 nitrogen and oxygen atoms in total. The van der Waals surface area contributed by atoms with Crippen LogP contribution in [0.25, 0.3) is 0 Å². The second kappa shape index (κ2) is 7.71. The molecule has 2 heterocycles. The van der Waals surface area contributed by atoms with Gasteiger partial charge in [0.05, 0.1) is 17.4 Å². The van der Waals surface area contributed by atoms with Crippen LogP contribution in [0.4, 0.5) is 18.9 Å². The Morgan fingerprint density at radius 2 is 1.85 bits per heavy atom. The quantitative estimate of drug-likeness (QED) is 0.812. The van der Waals surface area contributed by atoms with Gasteiger partial charge in [-0.25, -0.2) is 0 Å². The van der Waals surface area contributed by atoms with Crippen molar-refractivity contribution >= 4 is 29.3 Å². The zero-order chi connectivity index (χ0) is 19.8.